The zero-order valence-corrected chi connectivity index (χ0v) is 11.9. The second-order valence-corrected chi connectivity index (χ2v) is 5.65. The lowest BCUT2D eigenvalue weighted by Gasteiger charge is -2.35. The molecular weight excluding hydrogens is 264 g/mol. The van der Waals surface area contributed by atoms with Crippen molar-refractivity contribution < 1.29 is 0 Å². The standard InChI is InChI=1S/C13H21BrN2/c1-13(2,8-9-15)16(3)10-11-6-4-5-7-12(11)14/h4-7H,8-10,15H2,1-3H3. The Morgan fingerprint density at radius 2 is 1.94 bits per heavy atom. The van der Waals surface area contributed by atoms with Crippen molar-refractivity contribution in [3.63, 3.8) is 0 Å². The number of hydrogen-bond acceptors (Lipinski definition) is 2. The molecule has 90 valence electrons. The summed E-state index contributed by atoms with van der Waals surface area (Å²) in [5.41, 5.74) is 7.10. The van der Waals surface area contributed by atoms with Gasteiger partial charge in [0, 0.05) is 16.6 Å². The van der Waals surface area contributed by atoms with Gasteiger partial charge in [0.25, 0.3) is 0 Å². The molecule has 0 unspecified atom stereocenters. The molecule has 1 rings (SSSR count). The van der Waals surface area contributed by atoms with Crippen LogP contribution in [0.15, 0.2) is 28.7 Å². The molecule has 1 aromatic carbocycles. The first kappa shape index (κ1) is 13.7. The van der Waals surface area contributed by atoms with Crippen molar-refractivity contribution in [3.05, 3.63) is 34.3 Å². The van der Waals surface area contributed by atoms with Gasteiger partial charge >= 0.3 is 0 Å². The van der Waals surface area contributed by atoms with Gasteiger partial charge in [-0.25, -0.2) is 0 Å². The first-order valence-corrected chi connectivity index (χ1v) is 6.41. The molecule has 0 atom stereocenters. The molecule has 3 heteroatoms. The quantitative estimate of drug-likeness (QED) is 0.901. The number of benzene rings is 1. The minimum atomic E-state index is 0.143. The Labute approximate surface area is 107 Å². The van der Waals surface area contributed by atoms with Gasteiger partial charge in [-0.2, -0.15) is 0 Å². The largest absolute Gasteiger partial charge is 0.330 e. The molecule has 0 spiro atoms. The third-order valence-corrected chi connectivity index (χ3v) is 3.93. The fourth-order valence-electron chi connectivity index (χ4n) is 1.64. The van der Waals surface area contributed by atoms with Crippen LogP contribution in [0.2, 0.25) is 0 Å². The van der Waals surface area contributed by atoms with Crippen LogP contribution in [0, 0.1) is 0 Å². The summed E-state index contributed by atoms with van der Waals surface area (Å²) in [5, 5.41) is 0. The smallest absolute Gasteiger partial charge is 0.0247 e. The number of rotatable bonds is 5. The summed E-state index contributed by atoms with van der Waals surface area (Å²) in [4.78, 5) is 2.35. The van der Waals surface area contributed by atoms with Gasteiger partial charge in [-0.15, -0.1) is 0 Å². The Morgan fingerprint density at radius 1 is 1.31 bits per heavy atom. The summed E-state index contributed by atoms with van der Waals surface area (Å²) >= 11 is 3.58. The monoisotopic (exact) mass is 284 g/mol. The van der Waals surface area contributed by atoms with E-state index in [0.717, 1.165) is 19.5 Å². The van der Waals surface area contributed by atoms with E-state index in [1.807, 2.05) is 6.07 Å². The van der Waals surface area contributed by atoms with Crippen LogP contribution in [-0.4, -0.2) is 24.0 Å². The molecule has 0 amide bonds. The molecule has 2 N–H and O–H groups in total. The van der Waals surface area contributed by atoms with E-state index in [-0.39, 0.29) is 5.54 Å². The van der Waals surface area contributed by atoms with E-state index in [4.69, 9.17) is 5.73 Å². The van der Waals surface area contributed by atoms with Gasteiger partial charge in [-0.05, 0) is 45.5 Å². The summed E-state index contributed by atoms with van der Waals surface area (Å²) in [7, 11) is 2.15. The molecular formula is C13H21BrN2. The Kier molecular flexibility index (Phi) is 4.96. The molecule has 0 saturated carbocycles. The first-order valence-electron chi connectivity index (χ1n) is 5.62. The number of halogens is 1. The van der Waals surface area contributed by atoms with Crippen LogP contribution >= 0.6 is 15.9 Å². The number of hydrogen-bond donors (Lipinski definition) is 1. The lowest BCUT2D eigenvalue weighted by molar-refractivity contribution is 0.140. The predicted octanol–water partition coefficient (Wildman–Crippen LogP) is 3.01. The molecule has 16 heavy (non-hydrogen) atoms. The third-order valence-electron chi connectivity index (χ3n) is 3.15. The molecule has 0 aliphatic carbocycles. The zero-order chi connectivity index (χ0) is 12.2. The van der Waals surface area contributed by atoms with Gasteiger partial charge in [-0.3, -0.25) is 4.90 Å². The van der Waals surface area contributed by atoms with Crippen molar-refractivity contribution in [1.29, 1.82) is 0 Å². The molecule has 2 nitrogen and oxygen atoms in total. The van der Waals surface area contributed by atoms with Gasteiger partial charge in [0.05, 0.1) is 0 Å². The van der Waals surface area contributed by atoms with Crippen LogP contribution in [0.25, 0.3) is 0 Å². The molecule has 0 aromatic heterocycles. The Balaban J connectivity index is 2.71. The lowest BCUT2D eigenvalue weighted by atomic mass is 9.98. The van der Waals surface area contributed by atoms with Crippen LogP contribution < -0.4 is 5.73 Å². The maximum atomic E-state index is 5.64. The minimum Gasteiger partial charge on any atom is -0.330 e. The SMILES string of the molecule is CN(Cc1ccccc1Br)C(C)(C)CCN. The number of nitrogens with zero attached hydrogens (tertiary/aromatic N) is 1. The molecule has 0 aliphatic rings. The van der Waals surface area contributed by atoms with Crippen molar-refractivity contribution in [2.45, 2.75) is 32.4 Å². The Bertz CT molecular complexity index is 336. The molecule has 0 heterocycles. The van der Waals surface area contributed by atoms with Gasteiger partial charge < -0.3 is 5.73 Å². The normalized spacial score (nSPS) is 12.1. The van der Waals surface area contributed by atoms with Crippen LogP contribution in [0.4, 0.5) is 0 Å². The molecule has 0 aliphatic heterocycles. The van der Waals surface area contributed by atoms with Crippen molar-refractivity contribution in [2.24, 2.45) is 5.73 Å². The van der Waals surface area contributed by atoms with Crippen LogP contribution in [0.1, 0.15) is 25.8 Å². The minimum absolute atomic E-state index is 0.143. The maximum Gasteiger partial charge on any atom is 0.0247 e. The first-order chi connectivity index (χ1) is 7.47. The van der Waals surface area contributed by atoms with E-state index in [9.17, 15) is 0 Å². The predicted molar refractivity (Wildman–Crippen MR) is 73.4 cm³/mol. The summed E-state index contributed by atoms with van der Waals surface area (Å²) in [5.74, 6) is 0. The molecule has 0 saturated heterocycles. The summed E-state index contributed by atoms with van der Waals surface area (Å²) in [6.07, 6.45) is 1.01. The van der Waals surface area contributed by atoms with Crippen molar-refractivity contribution in [1.82, 2.24) is 4.90 Å². The highest BCUT2D eigenvalue weighted by Crippen LogP contribution is 2.23. The lowest BCUT2D eigenvalue weighted by Crippen LogP contribution is -2.42. The Morgan fingerprint density at radius 3 is 2.50 bits per heavy atom. The van der Waals surface area contributed by atoms with E-state index in [0.29, 0.717) is 0 Å². The second-order valence-electron chi connectivity index (χ2n) is 4.80. The average Bonchev–Trinajstić information content (AvgIpc) is 2.21. The van der Waals surface area contributed by atoms with Crippen LogP contribution in [0.3, 0.4) is 0 Å². The summed E-state index contributed by atoms with van der Waals surface area (Å²) in [6.45, 7) is 6.13. The summed E-state index contributed by atoms with van der Waals surface area (Å²) in [6, 6.07) is 8.35. The maximum absolute atomic E-state index is 5.64. The van der Waals surface area contributed by atoms with E-state index in [2.05, 4.69) is 59.9 Å². The van der Waals surface area contributed by atoms with E-state index < -0.39 is 0 Å². The molecule has 0 fully saturated rings. The highest BCUT2D eigenvalue weighted by atomic mass is 79.9. The summed E-state index contributed by atoms with van der Waals surface area (Å²) < 4.78 is 1.17. The Hall–Kier alpha value is -0.380. The van der Waals surface area contributed by atoms with Gasteiger partial charge in [0.2, 0.25) is 0 Å². The third kappa shape index (κ3) is 3.58. The van der Waals surface area contributed by atoms with E-state index in [1.165, 1.54) is 10.0 Å². The highest BCUT2D eigenvalue weighted by molar-refractivity contribution is 9.10. The fourth-order valence-corrected chi connectivity index (χ4v) is 2.05. The van der Waals surface area contributed by atoms with E-state index in [1.54, 1.807) is 0 Å². The zero-order valence-electron chi connectivity index (χ0n) is 10.3. The molecule has 0 bridgehead atoms. The average molecular weight is 285 g/mol. The number of nitrogens with two attached hydrogens (primary N) is 1. The van der Waals surface area contributed by atoms with Crippen molar-refractivity contribution in [3.8, 4) is 0 Å². The fraction of sp³-hybridized carbons (Fsp3) is 0.538. The van der Waals surface area contributed by atoms with Gasteiger partial charge in [-0.1, -0.05) is 34.1 Å². The highest BCUT2D eigenvalue weighted by Gasteiger charge is 2.22. The van der Waals surface area contributed by atoms with E-state index >= 15 is 0 Å². The van der Waals surface area contributed by atoms with Crippen molar-refractivity contribution >= 4 is 15.9 Å². The topological polar surface area (TPSA) is 29.3 Å². The molecule has 1 aromatic rings. The van der Waals surface area contributed by atoms with Crippen LogP contribution in [-0.2, 0) is 6.54 Å². The van der Waals surface area contributed by atoms with Gasteiger partial charge in [0.15, 0.2) is 0 Å². The van der Waals surface area contributed by atoms with Crippen molar-refractivity contribution in [2.75, 3.05) is 13.6 Å². The van der Waals surface area contributed by atoms with Gasteiger partial charge in [0.1, 0.15) is 0 Å². The molecule has 0 radical (unpaired) electrons. The second kappa shape index (κ2) is 5.80. The van der Waals surface area contributed by atoms with Crippen LogP contribution in [0.5, 0.6) is 0 Å².